The Bertz CT molecular complexity index is 168. The van der Waals surface area contributed by atoms with Crippen LogP contribution in [0.2, 0.25) is 0 Å². The molecule has 0 rings (SSSR count). The van der Waals surface area contributed by atoms with E-state index < -0.39 is 0 Å². The van der Waals surface area contributed by atoms with Crippen molar-refractivity contribution >= 4 is 0 Å². The number of hydrogen-bond acceptors (Lipinski definition) is 4. The quantitative estimate of drug-likeness (QED) is 0.644. The number of nitrogens with one attached hydrogen (secondary N) is 1. The molecule has 0 aromatic heterocycles. The van der Waals surface area contributed by atoms with Crippen molar-refractivity contribution in [2.24, 2.45) is 0 Å². The highest BCUT2D eigenvalue weighted by molar-refractivity contribution is 4.81. The summed E-state index contributed by atoms with van der Waals surface area (Å²) in [5.41, 5.74) is 0.125. The van der Waals surface area contributed by atoms with Gasteiger partial charge in [-0.1, -0.05) is 0 Å². The van der Waals surface area contributed by atoms with Crippen LogP contribution in [-0.4, -0.2) is 57.6 Å². The second-order valence-corrected chi connectivity index (χ2v) is 4.72. The van der Waals surface area contributed by atoms with Gasteiger partial charge in [0.1, 0.15) is 0 Å². The van der Waals surface area contributed by atoms with Crippen LogP contribution in [0.15, 0.2) is 0 Å². The molecule has 0 aliphatic heterocycles. The monoisotopic (exact) mass is 218 g/mol. The number of nitrogens with zero attached hydrogens (tertiary/aromatic N) is 1. The van der Waals surface area contributed by atoms with E-state index in [4.69, 9.17) is 9.47 Å². The first-order valence-corrected chi connectivity index (χ1v) is 5.31. The second-order valence-electron chi connectivity index (χ2n) is 4.72. The van der Waals surface area contributed by atoms with Gasteiger partial charge >= 0.3 is 0 Å². The summed E-state index contributed by atoms with van der Waals surface area (Å²) in [7, 11) is 7.47. The van der Waals surface area contributed by atoms with Gasteiger partial charge in [0.25, 0.3) is 0 Å². The van der Waals surface area contributed by atoms with Crippen LogP contribution >= 0.6 is 0 Å². The van der Waals surface area contributed by atoms with E-state index in [0.29, 0.717) is 0 Å². The van der Waals surface area contributed by atoms with Crippen LogP contribution in [0.4, 0.5) is 0 Å². The fourth-order valence-electron chi connectivity index (χ4n) is 1.17. The summed E-state index contributed by atoms with van der Waals surface area (Å²) in [4.78, 5) is 2.20. The highest BCUT2D eigenvalue weighted by Gasteiger charge is 2.23. The van der Waals surface area contributed by atoms with Crippen LogP contribution in [0.1, 0.15) is 20.8 Å². The molecule has 1 unspecified atom stereocenters. The second kappa shape index (κ2) is 6.43. The van der Waals surface area contributed by atoms with Gasteiger partial charge in [0.2, 0.25) is 0 Å². The fourth-order valence-corrected chi connectivity index (χ4v) is 1.17. The number of methoxy groups -OCH3 is 2. The molecule has 1 atom stereocenters. The summed E-state index contributed by atoms with van der Waals surface area (Å²) >= 11 is 0. The van der Waals surface area contributed by atoms with Crippen molar-refractivity contribution < 1.29 is 9.47 Å². The Morgan fingerprint density at radius 3 is 2.00 bits per heavy atom. The summed E-state index contributed by atoms with van der Waals surface area (Å²) in [6, 6.07) is 0.180. The average molecular weight is 218 g/mol. The third-order valence-electron chi connectivity index (χ3n) is 2.94. The molecule has 0 aromatic rings. The van der Waals surface area contributed by atoms with Gasteiger partial charge in [0.15, 0.2) is 6.29 Å². The topological polar surface area (TPSA) is 33.7 Å². The van der Waals surface area contributed by atoms with Gasteiger partial charge < -0.3 is 19.7 Å². The van der Waals surface area contributed by atoms with E-state index in [1.54, 1.807) is 14.2 Å². The van der Waals surface area contributed by atoms with Crippen LogP contribution in [0.3, 0.4) is 0 Å². The summed E-state index contributed by atoms with van der Waals surface area (Å²) in [5.74, 6) is 0. The molecule has 0 aromatic carbocycles. The predicted octanol–water partition coefficient (Wildman–Crippen LogP) is 0.924. The standard InChI is InChI=1S/C11H26N2O2/c1-9(10(14-6)15-7)12-8-11(2,3)13(4)5/h9-10,12H,8H2,1-7H3. The molecular formula is C11H26N2O2. The first-order chi connectivity index (χ1) is 6.85. The van der Waals surface area contributed by atoms with E-state index in [1.165, 1.54) is 0 Å². The van der Waals surface area contributed by atoms with Crippen molar-refractivity contribution in [3.63, 3.8) is 0 Å². The van der Waals surface area contributed by atoms with Gasteiger partial charge in [-0.15, -0.1) is 0 Å². The SMILES string of the molecule is COC(OC)C(C)NCC(C)(C)N(C)C. The van der Waals surface area contributed by atoms with E-state index in [9.17, 15) is 0 Å². The Hall–Kier alpha value is -0.160. The van der Waals surface area contributed by atoms with E-state index in [2.05, 4.69) is 45.1 Å². The van der Waals surface area contributed by atoms with Crippen LogP contribution in [0, 0.1) is 0 Å². The molecule has 0 fully saturated rings. The summed E-state index contributed by atoms with van der Waals surface area (Å²) in [5, 5.41) is 3.41. The molecule has 0 amide bonds. The molecule has 1 N–H and O–H groups in total. The molecular weight excluding hydrogens is 192 g/mol. The Morgan fingerprint density at radius 2 is 1.67 bits per heavy atom. The number of likely N-dealkylation sites (N-methyl/N-ethyl adjacent to an activating group) is 1. The maximum Gasteiger partial charge on any atom is 0.171 e. The average Bonchev–Trinajstić information content (AvgIpc) is 2.16. The van der Waals surface area contributed by atoms with Crippen LogP contribution in [-0.2, 0) is 9.47 Å². The summed E-state index contributed by atoms with van der Waals surface area (Å²) in [6.07, 6.45) is -0.192. The molecule has 15 heavy (non-hydrogen) atoms. The Balaban J connectivity index is 4.04. The van der Waals surface area contributed by atoms with Gasteiger partial charge in [-0.25, -0.2) is 0 Å². The van der Waals surface area contributed by atoms with E-state index in [1.807, 2.05) is 0 Å². The van der Waals surface area contributed by atoms with Crippen molar-refractivity contribution in [3.8, 4) is 0 Å². The lowest BCUT2D eigenvalue weighted by Crippen LogP contribution is -2.51. The highest BCUT2D eigenvalue weighted by atomic mass is 16.7. The van der Waals surface area contributed by atoms with Crippen molar-refractivity contribution in [2.75, 3.05) is 34.9 Å². The minimum Gasteiger partial charge on any atom is -0.354 e. The molecule has 0 radical (unpaired) electrons. The molecule has 0 aliphatic carbocycles. The first kappa shape index (κ1) is 14.8. The number of rotatable bonds is 7. The van der Waals surface area contributed by atoms with Gasteiger partial charge in [-0.3, -0.25) is 0 Å². The largest absolute Gasteiger partial charge is 0.354 e. The van der Waals surface area contributed by atoms with Crippen molar-refractivity contribution in [1.29, 1.82) is 0 Å². The molecule has 0 heterocycles. The lowest BCUT2D eigenvalue weighted by atomic mass is 10.0. The highest BCUT2D eigenvalue weighted by Crippen LogP contribution is 2.09. The summed E-state index contributed by atoms with van der Waals surface area (Å²) < 4.78 is 10.4. The van der Waals surface area contributed by atoms with Crippen LogP contribution < -0.4 is 5.32 Å². The molecule has 92 valence electrons. The zero-order chi connectivity index (χ0) is 12.1. The van der Waals surface area contributed by atoms with Crippen LogP contribution in [0.5, 0.6) is 0 Å². The van der Waals surface area contributed by atoms with Gasteiger partial charge in [0, 0.05) is 26.3 Å². The Morgan fingerprint density at radius 1 is 1.20 bits per heavy atom. The van der Waals surface area contributed by atoms with E-state index in [0.717, 1.165) is 6.54 Å². The lowest BCUT2D eigenvalue weighted by Gasteiger charge is -2.35. The maximum atomic E-state index is 5.19. The van der Waals surface area contributed by atoms with Gasteiger partial charge in [-0.05, 0) is 34.9 Å². The van der Waals surface area contributed by atoms with Crippen molar-refractivity contribution in [2.45, 2.75) is 38.6 Å². The van der Waals surface area contributed by atoms with Crippen molar-refractivity contribution in [1.82, 2.24) is 10.2 Å². The zero-order valence-corrected chi connectivity index (χ0v) is 11.1. The Labute approximate surface area is 93.9 Å². The third kappa shape index (κ3) is 4.93. The molecule has 0 aliphatic rings. The lowest BCUT2D eigenvalue weighted by molar-refractivity contribution is -0.120. The molecule has 4 heteroatoms. The summed E-state index contributed by atoms with van der Waals surface area (Å²) in [6.45, 7) is 7.34. The molecule has 0 spiro atoms. The fraction of sp³-hybridized carbons (Fsp3) is 1.00. The predicted molar refractivity (Wildman–Crippen MR) is 63.0 cm³/mol. The normalized spacial score (nSPS) is 15.0. The van der Waals surface area contributed by atoms with Crippen molar-refractivity contribution in [3.05, 3.63) is 0 Å². The number of ether oxygens (including phenoxy) is 2. The molecule has 0 saturated heterocycles. The van der Waals surface area contributed by atoms with Crippen LogP contribution in [0.25, 0.3) is 0 Å². The first-order valence-electron chi connectivity index (χ1n) is 5.31. The minimum absolute atomic E-state index is 0.125. The molecule has 0 bridgehead atoms. The van der Waals surface area contributed by atoms with E-state index in [-0.39, 0.29) is 17.9 Å². The minimum atomic E-state index is -0.192. The smallest absolute Gasteiger partial charge is 0.171 e. The van der Waals surface area contributed by atoms with Gasteiger partial charge in [-0.2, -0.15) is 0 Å². The molecule has 0 saturated carbocycles. The number of hydrogen-bond donors (Lipinski definition) is 1. The maximum absolute atomic E-state index is 5.19. The molecule has 4 nitrogen and oxygen atoms in total. The zero-order valence-electron chi connectivity index (χ0n) is 11.1. The van der Waals surface area contributed by atoms with Gasteiger partial charge in [0.05, 0.1) is 6.04 Å². The third-order valence-corrected chi connectivity index (χ3v) is 2.94. The Kier molecular flexibility index (Phi) is 6.36. The van der Waals surface area contributed by atoms with E-state index >= 15 is 0 Å².